The Bertz CT molecular complexity index is 507. The van der Waals surface area contributed by atoms with Crippen LogP contribution in [0.2, 0.25) is 0 Å². The molecule has 0 spiro atoms. The van der Waals surface area contributed by atoms with Gasteiger partial charge in [0.15, 0.2) is 11.5 Å². The second-order valence-electron chi connectivity index (χ2n) is 4.77. The first kappa shape index (κ1) is 13.1. The van der Waals surface area contributed by atoms with E-state index in [4.69, 9.17) is 10.2 Å². The Kier molecular flexibility index (Phi) is 4.33. The van der Waals surface area contributed by atoms with Crippen LogP contribution in [0.25, 0.3) is 11.1 Å². The molecule has 0 atom stereocenters. The summed E-state index contributed by atoms with van der Waals surface area (Å²) in [6.45, 7) is 4.66. The highest BCUT2D eigenvalue weighted by Gasteiger charge is 2.05. The number of aromatic nitrogens is 1. The highest BCUT2D eigenvalue weighted by Crippen LogP contribution is 2.17. The molecule has 2 aromatic rings. The van der Waals surface area contributed by atoms with E-state index in [1.54, 1.807) is 0 Å². The molecule has 0 aliphatic rings. The number of unbranched alkanes of at least 4 members (excludes halogenated alkanes) is 1. The topological polar surface area (TPSA) is 55.3 Å². The summed E-state index contributed by atoms with van der Waals surface area (Å²) in [4.78, 5) is 6.66. The zero-order valence-corrected chi connectivity index (χ0v) is 11.1. The van der Waals surface area contributed by atoms with E-state index in [1.807, 2.05) is 13.0 Å². The molecule has 0 fully saturated rings. The number of aryl methyl sites for hydroxylation is 1. The zero-order chi connectivity index (χ0) is 13.0. The third kappa shape index (κ3) is 3.31. The highest BCUT2D eigenvalue weighted by molar-refractivity contribution is 5.73. The van der Waals surface area contributed by atoms with Crippen molar-refractivity contribution in [3.05, 3.63) is 29.7 Å². The summed E-state index contributed by atoms with van der Waals surface area (Å²) in [7, 11) is 2.13. The van der Waals surface area contributed by atoms with Crippen LogP contribution in [0.5, 0.6) is 0 Å². The van der Waals surface area contributed by atoms with Gasteiger partial charge in [-0.05, 0) is 50.7 Å². The lowest BCUT2D eigenvalue weighted by atomic mass is 10.2. The lowest BCUT2D eigenvalue weighted by Gasteiger charge is -2.16. The first-order chi connectivity index (χ1) is 8.69. The Labute approximate surface area is 108 Å². The summed E-state index contributed by atoms with van der Waals surface area (Å²) in [6, 6.07) is 6.20. The number of nitrogens with zero attached hydrogens (tertiary/aromatic N) is 2. The van der Waals surface area contributed by atoms with Crippen molar-refractivity contribution in [1.82, 2.24) is 9.88 Å². The molecule has 0 amide bonds. The maximum absolute atomic E-state index is 5.49. The molecule has 1 aromatic carbocycles. The van der Waals surface area contributed by atoms with Crippen molar-refractivity contribution in [3.8, 4) is 0 Å². The molecule has 2 rings (SSSR count). The molecule has 4 heteroatoms. The second kappa shape index (κ2) is 5.98. The number of hydrogen-bond acceptors (Lipinski definition) is 4. The van der Waals surface area contributed by atoms with Gasteiger partial charge in [0.05, 0.1) is 0 Å². The van der Waals surface area contributed by atoms with Crippen LogP contribution in [0, 0.1) is 6.92 Å². The number of hydrogen-bond donors (Lipinski definition) is 1. The van der Waals surface area contributed by atoms with Crippen molar-refractivity contribution in [1.29, 1.82) is 0 Å². The smallest absolute Gasteiger partial charge is 0.192 e. The fraction of sp³-hybridized carbons (Fsp3) is 0.500. The van der Waals surface area contributed by atoms with Crippen LogP contribution in [0.1, 0.15) is 24.3 Å². The Hall–Kier alpha value is -1.39. The molecule has 0 unspecified atom stereocenters. The molecular weight excluding hydrogens is 226 g/mol. The molecule has 1 aromatic heterocycles. The normalized spacial score (nSPS) is 11.6. The molecule has 0 aliphatic heterocycles. The van der Waals surface area contributed by atoms with Gasteiger partial charge in [-0.15, -0.1) is 0 Å². The molecule has 0 aliphatic carbocycles. The average molecular weight is 247 g/mol. The summed E-state index contributed by atoms with van der Waals surface area (Å²) >= 11 is 0. The minimum Gasteiger partial charge on any atom is -0.441 e. The van der Waals surface area contributed by atoms with Gasteiger partial charge in [0.25, 0.3) is 0 Å². The number of benzene rings is 1. The van der Waals surface area contributed by atoms with E-state index in [0.717, 1.165) is 49.5 Å². The van der Waals surface area contributed by atoms with Crippen LogP contribution in [0.15, 0.2) is 22.6 Å². The van der Waals surface area contributed by atoms with E-state index in [-0.39, 0.29) is 0 Å². The Balaban J connectivity index is 1.98. The quantitative estimate of drug-likeness (QED) is 0.796. The van der Waals surface area contributed by atoms with Crippen molar-refractivity contribution in [3.63, 3.8) is 0 Å². The van der Waals surface area contributed by atoms with E-state index in [9.17, 15) is 0 Å². The second-order valence-corrected chi connectivity index (χ2v) is 4.77. The van der Waals surface area contributed by atoms with E-state index in [2.05, 4.69) is 29.1 Å². The number of fused-ring (bicyclic) bond motifs is 1. The Morgan fingerprint density at radius 2 is 2.17 bits per heavy atom. The molecule has 0 saturated carbocycles. The van der Waals surface area contributed by atoms with E-state index < -0.39 is 0 Å². The van der Waals surface area contributed by atoms with Crippen molar-refractivity contribution in [2.75, 3.05) is 20.1 Å². The van der Waals surface area contributed by atoms with E-state index in [0.29, 0.717) is 0 Å². The molecule has 0 saturated heterocycles. The van der Waals surface area contributed by atoms with Crippen LogP contribution in [-0.2, 0) is 6.54 Å². The number of rotatable bonds is 6. The minimum absolute atomic E-state index is 0.721. The number of nitrogens with two attached hydrogens (primary N) is 1. The SMILES string of the molecule is Cc1nc2cc(CN(C)CCCCN)ccc2o1. The molecule has 98 valence electrons. The van der Waals surface area contributed by atoms with Crippen LogP contribution >= 0.6 is 0 Å². The van der Waals surface area contributed by atoms with Crippen molar-refractivity contribution >= 4 is 11.1 Å². The first-order valence-electron chi connectivity index (χ1n) is 6.43. The van der Waals surface area contributed by atoms with Crippen molar-refractivity contribution in [2.24, 2.45) is 5.73 Å². The van der Waals surface area contributed by atoms with Crippen LogP contribution < -0.4 is 5.73 Å². The maximum atomic E-state index is 5.49. The Morgan fingerprint density at radius 1 is 1.33 bits per heavy atom. The van der Waals surface area contributed by atoms with Gasteiger partial charge in [0, 0.05) is 13.5 Å². The summed E-state index contributed by atoms with van der Waals surface area (Å²) in [6.07, 6.45) is 2.24. The van der Waals surface area contributed by atoms with Crippen LogP contribution in [-0.4, -0.2) is 30.0 Å². The highest BCUT2D eigenvalue weighted by atomic mass is 16.3. The van der Waals surface area contributed by atoms with Gasteiger partial charge in [-0.3, -0.25) is 0 Å². The van der Waals surface area contributed by atoms with Gasteiger partial charge in [-0.2, -0.15) is 0 Å². The summed E-state index contributed by atoms with van der Waals surface area (Å²) in [5.41, 5.74) is 8.57. The number of oxazole rings is 1. The van der Waals surface area contributed by atoms with Crippen molar-refractivity contribution in [2.45, 2.75) is 26.3 Å². The molecule has 2 N–H and O–H groups in total. The third-order valence-electron chi connectivity index (χ3n) is 3.01. The van der Waals surface area contributed by atoms with Crippen molar-refractivity contribution < 1.29 is 4.42 Å². The van der Waals surface area contributed by atoms with Gasteiger partial charge in [-0.1, -0.05) is 6.07 Å². The largest absolute Gasteiger partial charge is 0.441 e. The molecule has 4 nitrogen and oxygen atoms in total. The van der Waals surface area contributed by atoms with Gasteiger partial charge < -0.3 is 15.1 Å². The lowest BCUT2D eigenvalue weighted by Crippen LogP contribution is -2.19. The predicted molar refractivity (Wildman–Crippen MR) is 73.4 cm³/mol. The first-order valence-corrected chi connectivity index (χ1v) is 6.43. The molecule has 0 radical (unpaired) electrons. The fourth-order valence-corrected chi connectivity index (χ4v) is 2.10. The average Bonchev–Trinajstić information content (AvgIpc) is 2.69. The standard InChI is InChI=1S/C14H21N3O/c1-11-16-13-9-12(5-6-14(13)18-11)10-17(2)8-4-3-7-15/h5-6,9H,3-4,7-8,10,15H2,1-2H3. The third-order valence-corrected chi connectivity index (χ3v) is 3.01. The van der Waals surface area contributed by atoms with Gasteiger partial charge >= 0.3 is 0 Å². The van der Waals surface area contributed by atoms with Gasteiger partial charge in [0.2, 0.25) is 0 Å². The monoisotopic (exact) mass is 247 g/mol. The van der Waals surface area contributed by atoms with Crippen LogP contribution in [0.4, 0.5) is 0 Å². The summed E-state index contributed by atoms with van der Waals surface area (Å²) < 4.78 is 5.47. The summed E-state index contributed by atoms with van der Waals surface area (Å²) in [5.74, 6) is 0.721. The zero-order valence-electron chi connectivity index (χ0n) is 11.1. The van der Waals surface area contributed by atoms with Gasteiger partial charge in [-0.25, -0.2) is 4.98 Å². The fourth-order valence-electron chi connectivity index (χ4n) is 2.10. The maximum Gasteiger partial charge on any atom is 0.192 e. The molecule has 18 heavy (non-hydrogen) atoms. The predicted octanol–water partition coefficient (Wildman–Crippen LogP) is 2.31. The minimum atomic E-state index is 0.721. The van der Waals surface area contributed by atoms with Gasteiger partial charge in [0.1, 0.15) is 5.52 Å². The van der Waals surface area contributed by atoms with Crippen LogP contribution in [0.3, 0.4) is 0 Å². The Morgan fingerprint density at radius 3 is 2.94 bits per heavy atom. The molecule has 0 bridgehead atoms. The molecule has 1 heterocycles. The lowest BCUT2D eigenvalue weighted by molar-refractivity contribution is 0.319. The molecular formula is C14H21N3O. The van der Waals surface area contributed by atoms with E-state index in [1.165, 1.54) is 5.56 Å². The van der Waals surface area contributed by atoms with E-state index >= 15 is 0 Å². The summed E-state index contributed by atoms with van der Waals surface area (Å²) in [5, 5.41) is 0.